The van der Waals surface area contributed by atoms with Gasteiger partial charge in [0.2, 0.25) is 0 Å². The van der Waals surface area contributed by atoms with Crippen LogP contribution in [0.3, 0.4) is 0 Å². The average Bonchev–Trinajstić information content (AvgIpc) is 2.19. The Kier molecular flexibility index (Phi) is 5.20. The van der Waals surface area contributed by atoms with E-state index < -0.39 is 0 Å². The third-order valence-electron chi connectivity index (χ3n) is 1.73. The van der Waals surface area contributed by atoms with Crippen LogP contribution in [0.15, 0.2) is 35.2 Å². The lowest BCUT2D eigenvalue weighted by Gasteiger charge is -1.99. The fourth-order valence-electron chi connectivity index (χ4n) is 1.04. The summed E-state index contributed by atoms with van der Waals surface area (Å²) in [6.07, 6.45) is 8.44. The normalized spacial score (nSPS) is 9.46. The maximum atomic E-state index is 5.17. The SMILES string of the molecule is C#CCCCCSc1ccccc1. The highest BCUT2D eigenvalue weighted by atomic mass is 32.2. The molecule has 0 fully saturated rings. The van der Waals surface area contributed by atoms with Crippen molar-refractivity contribution in [3.05, 3.63) is 30.3 Å². The molecule has 0 aliphatic carbocycles. The molecule has 0 spiro atoms. The van der Waals surface area contributed by atoms with Gasteiger partial charge in [0.15, 0.2) is 0 Å². The molecule has 0 nitrogen and oxygen atoms in total. The molecule has 13 heavy (non-hydrogen) atoms. The van der Waals surface area contributed by atoms with Crippen LogP contribution in [0.5, 0.6) is 0 Å². The van der Waals surface area contributed by atoms with Crippen molar-refractivity contribution in [2.24, 2.45) is 0 Å². The Balaban J connectivity index is 2.11. The molecule has 0 bridgehead atoms. The molecule has 0 unspecified atom stereocenters. The largest absolute Gasteiger partial charge is 0.126 e. The second kappa shape index (κ2) is 6.62. The number of hydrogen-bond donors (Lipinski definition) is 0. The van der Waals surface area contributed by atoms with E-state index in [1.54, 1.807) is 0 Å². The Hall–Kier alpha value is -0.870. The molecule has 0 amide bonds. The molecule has 0 aromatic heterocycles. The summed E-state index contributed by atoms with van der Waals surface area (Å²) < 4.78 is 0. The molecule has 0 radical (unpaired) electrons. The molecular formula is C12H14S. The second-order valence-electron chi connectivity index (χ2n) is 2.82. The standard InChI is InChI=1S/C12H14S/c1-2-3-4-8-11-13-12-9-6-5-7-10-12/h1,5-7,9-10H,3-4,8,11H2. The van der Waals surface area contributed by atoms with Gasteiger partial charge in [-0.2, -0.15) is 0 Å². The van der Waals surface area contributed by atoms with E-state index in [1.807, 2.05) is 17.8 Å². The van der Waals surface area contributed by atoms with E-state index in [0.717, 1.165) is 12.8 Å². The number of terminal acetylenes is 1. The molecule has 0 saturated carbocycles. The van der Waals surface area contributed by atoms with Crippen molar-refractivity contribution in [3.8, 4) is 12.3 Å². The van der Waals surface area contributed by atoms with Gasteiger partial charge in [-0.15, -0.1) is 24.1 Å². The molecule has 1 rings (SSSR count). The highest BCUT2D eigenvalue weighted by molar-refractivity contribution is 7.99. The summed E-state index contributed by atoms with van der Waals surface area (Å²) in [5.41, 5.74) is 0. The topological polar surface area (TPSA) is 0 Å². The molecule has 0 aliphatic heterocycles. The quantitative estimate of drug-likeness (QED) is 0.388. The fourth-order valence-corrected chi connectivity index (χ4v) is 1.97. The van der Waals surface area contributed by atoms with Crippen molar-refractivity contribution in [1.82, 2.24) is 0 Å². The summed E-state index contributed by atoms with van der Waals surface area (Å²) in [6.45, 7) is 0. The molecule has 0 saturated heterocycles. The van der Waals surface area contributed by atoms with Gasteiger partial charge in [0.05, 0.1) is 0 Å². The maximum Gasteiger partial charge on any atom is 0.00863 e. The molecule has 68 valence electrons. The van der Waals surface area contributed by atoms with Crippen LogP contribution in [0.1, 0.15) is 19.3 Å². The smallest absolute Gasteiger partial charge is 0.00863 e. The van der Waals surface area contributed by atoms with Gasteiger partial charge in [0, 0.05) is 11.3 Å². The van der Waals surface area contributed by atoms with E-state index in [1.165, 1.54) is 17.1 Å². The molecule has 1 aromatic rings. The Bertz CT molecular complexity index is 258. The lowest BCUT2D eigenvalue weighted by molar-refractivity contribution is 0.837. The van der Waals surface area contributed by atoms with E-state index in [0.29, 0.717) is 0 Å². The van der Waals surface area contributed by atoms with Crippen LogP contribution >= 0.6 is 11.8 Å². The Morgan fingerprint density at radius 2 is 1.92 bits per heavy atom. The molecule has 1 aromatic carbocycles. The van der Waals surface area contributed by atoms with Crippen molar-refractivity contribution in [2.45, 2.75) is 24.2 Å². The highest BCUT2D eigenvalue weighted by Crippen LogP contribution is 2.18. The van der Waals surface area contributed by atoms with Crippen LogP contribution in [0.4, 0.5) is 0 Å². The zero-order valence-electron chi connectivity index (χ0n) is 7.70. The minimum Gasteiger partial charge on any atom is -0.126 e. The number of hydrogen-bond acceptors (Lipinski definition) is 1. The van der Waals surface area contributed by atoms with Gasteiger partial charge < -0.3 is 0 Å². The predicted molar refractivity (Wildman–Crippen MR) is 59.9 cm³/mol. The van der Waals surface area contributed by atoms with Crippen molar-refractivity contribution in [1.29, 1.82) is 0 Å². The Labute approximate surface area is 84.7 Å². The van der Waals surface area contributed by atoms with E-state index in [2.05, 4.69) is 30.2 Å². The maximum absolute atomic E-state index is 5.17. The monoisotopic (exact) mass is 190 g/mol. The fraction of sp³-hybridized carbons (Fsp3) is 0.333. The first kappa shape index (κ1) is 10.2. The Morgan fingerprint density at radius 3 is 2.62 bits per heavy atom. The third-order valence-corrected chi connectivity index (χ3v) is 2.83. The van der Waals surface area contributed by atoms with E-state index in [9.17, 15) is 0 Å². The molecular weight excluding hydrogens is 176 g/mol. The predicted octanol–water partition coefficient (Wildman–Crippen LogP) is 3.58. The summed E-state index contributed by atoms with van der Waals surface area (Å²) in [5, 5.41) is 0. The van der Waals surface area contributed by atoms with Crippen LogP contribution in [0, 0.1) is 12.3 Å². The average molecular weight is 190 g/mol. The lowest BCUT2D eigenvalue weighted by atomic mass is 10.3. The van der Waals surface area contributed by atoms with Crippen molar-refractivity contribution in [3.63, 3.8) is 0 Å². The zero-order chi connectivity index (χ0) is 9.36. The summed E-state index contributed by atoms with van der Waals surface area (Å²) in [7, 11) is 0. The van der Waals surface area contributed by atoms with Crippen molar-refractivity contribution in [2.75, 3.05) is 5.75 Å². The first-order valence-corrected chi connectivity index (χ1v) is 5.53. The first-order chi connectivity index (χ1) is 6.43. The number of thioether (sulfide) groups is 1. The highest BCUT2D eigenvalue weighted by Gasteiger charge is 1.91. The van der Waals surface area contributed by atoms with Crippen molar-refractivity contribution < 1.29 is 0 Å². The van der Waals surface area contributed by atoms with Crippen LogP contribution in [-0.2, 0) is 0 Å². The molecule has 1 heteroatoms. The van der Waals surface area contributed by atoms with Gasteiger partial charge in [-0.1, -0.05) is 18.2 Å². The summed E-state index contributed by atoms with van der Waals surface area (Å²) >= 11 is 1.90. The summed E-state index contributed by atoms with van der Waals surface area (Å²) in [6, 6.07) is 10.5. The Morgan fingerprint density at radius 1 is 1.15 bits per heavy atom. The lowest BCUT2D eigenvalue weighted by Crippen LogP contribution is -1.79. The molecule has 0 N–H and O–H groups in total. The summed E-state index contributed by atoms with van der Waals surface area (Å²) in [5.74, 6) is 3.83. The van der Waals surface area contributed by atoms with E-state index in [-0.39, 0.29) is 0 Å². The van der Waals surface area contributed by atoms with E-state index >= 15 is 0 Å². The van der Waals surface area contributed by atoms with Gasteiger partial charge in [-0.3, -0.25) is 0 Å². The van der Waals surface area contributed by atoms with Gasteiger partial charge >= 0.3 is 0 Å². The second-order valence-corrected chi connectivity index (χ2v) is 3.99. The number of unbranched alkanes of at least 4 members (excludes halogenated alkanes) is 2. The van der Waals surface area contributed by atoms with Crippen LogP contribution in [0.2, 0.25) is 0 Å². The van der Waals surface area contributed by atoms with Gasteiger partial charge in [-0.25, -0.2) is 0 Å². The number of benzene rings is 1. The molecule has 0 heterocycles. The zero-order valence-corrected chi connectivity index (χ0v) is 8.52. The van der Waals surface area contributed by atoms with Crippen LogP contribution in [-0.4, -0.2) is 5.75 Å². The van der Waals surface area contributed by atoms with Gasteiger partial charge in [0.1, 0.15) is 0 Å². The van der Waals surface area contributed by atoms with Gasteiger partial charge in [0.25, 0.3) is 0 Å². The minimum absolute atomic E-state index is 0.912. The van der Waals surface area contributed by atoms with Crippen LogP contribution in [0.25, 0.3) is 0 Å². The van der Waals surface area contributed by atoms with Crippen LogP contribution < -0.4 is 0 Å². The van der Waals surface area contributed by atoms with E-state index in [4.69, 9.17) is 6.42 Å². The number of rotatable bonds is 5. The van der Waals surface area contributed by atoms with Crippen molar-refractivity contribution >= 4 is 11.8 Å². The molecule has 0 atom stereocenters. The minimum atomic E-state index is 0.912. The van der Waals surface area contributed by atoms with Gasteiger partial charge in [-0.05, 0) is 30.7 Å². The molecule has 0 aliphatic rings. The summed E-state index contributed by atoms with van der Waals surface area (Å²) in [4.78, 5) is 1.35. The third kappa shape index (κ3) is 4.65. The first-order valence-electron chi connectivity index (χ1n) is 4.55.